The van der Waals surface area contributed by atoms with Crippen molar-refractivity contribution in [3.63, 3.8) is 0 Å². The molecule has 1 aromatic rings. The van der Waals surface area contributed by atoms with Gasteiger partial charge in [-0.2, -0.15) is 0 Å². The maximum atomic E-state index is 4.47. The van der Waals surface area contributed by atoms with Gasteiger partial charge in [0, 0.05) is 17.6 Å². The molecular weight excluding hydrogens is 240 g/mol. The maximum absolute atomic E-state index is 4.47. The molecule has 1 saturated carbocycles. The fourth-order valence-corrected chi connectivity index (χ4v) is 3.28. The van der Waals surface area contributed by atoms with Crippen molar-refractivity contribution in [3.05, 3.63) is 16.6 Å². The topological polar surface area (TPSA) is 24.9 Å². The van der Waals surface area contributed by atoms with Crippen LogP contribution in [0, 0.1) is 11.8 Å². The molecule has 102 valence electrons. The lowest BCUT2D eigenvalue weighted by atomic mass is 9.99. The van der Waals surface area contributed by atoms with E-state index in [0.29, 0.717) is 12.1 Å². The molecule has 1 N–H and O–H groups in total. The van der Waals surface area contributed by atoms with Crippen LogP contribution in [0.4, 0.5) is 0 Å². The molecule has 0 saturated heterocycles. The standard InChI is InChI=1S/C15H26N2S/c1-4-13(15-16-9-10-18-15)17-14(12-6-7-12)8-5-11(2)3/h9-14,17H,4-8H2,1-3H3. The largest absolute Gasteiger partial charge is 0.305 e. The van der Waals surface area contributed by atoms with Crippen molar-refractivity contribution in [3.8, 4) is 0 Å². The van der Waals surface area contributed by atoms with Crippen LogP contribution in [-0.2, 0) is 0 Å². The van der Waals surface area contributed by atoms with Crippen LogP contribution in [0.3, 0.4) is 0 Å². The van der Waals surface area contributed by atoms with Crippen LogP contribution in [-0.4, -0.2) is 11.0 Å². The Bertz CT molecular complexity index is 330. The quantitative estimate of drug-likeness (QED) is 0.754. The molecule has 0 amide bonds. The van der Waals surface area contributed by atoms with Gasteiger partial charge in [0.25, 0.3) is 0 Å². The van der Waals surface area contributed by atoms with E-state index in [9.17, 15) is 0 Å². The molecule has 0 aromatic carbocycles. The van der Waals surface area contributed by atoms with Crippen LogP contribution in [0.25, 0.3) is 0 Å². The Morgan fingerprint density at radius 3 is 2.67 bits per heavy atom. The SMILES string of the molecule is CCC(NC(CCC(C)C)C1CC1)c1nccs1. The van der Waals surface area contributed by atoms with E-state index >= 15 is 0 Å². The summed E-state index contributed by atoms with van der Waals surface area (Å²) in [6.45, 7) is 6.90. The van der Waals surface area contributed by atoms with E-state index in [2.05, 4.69) is 36.5 Å². The molecule has 2 nitrogen and oxygen atoms in total. The Hall–Kier alpha value is -0.410. The van der Waals surface area contributed by atoms with Crippen LogP contribution in [0.15, 0.2) is 11.6 Å². The lowest BCUT2D eigenvalue weighted by Crippen LogP contribution is -2.34. The number of aromatic nitrogens is 1. The summed E-state index contributed by atoms with van der Waals surface area (Å²) in [6, 6.07) is 1.17. The zero-order valence-corrected chi connectivity index (χ0v) is 12.7. The van der Waals surface area contributed by atoms with Gasteiger partial charge < -0.3 is 5.32 Å². The van der Waals surface area contributed by atoms with Crippen molar-refractivity contribution in [1.82, 2.24) is 10.3 Å². The van der Waals surface area contributed by atoms with Crippen LogP contribution in [0.2, 0.25) is 0 Å². The van der Waals surface area contributed by atoms with Gasteiger partial charge in [-0.3, -0.25) is 0 Å². The van der Waals surface area contributed by atoms with Crippen molar-refractivity contribution in [2.45, 2.75) is 65.0 Å². The van der Waals surface area contributed by atoms with Gasteiger partial charge >= 0.3 is 0 Å². The number of thiazole rings is 1. The summed E-state index contributed by atoms with van der Waals surface area (Å²) < 4.78 is 0. The van der Waals surface area contributed by atoms with Crippen LogP contribution in [0.5, 0.6) is 0 Å². The average Bonchev–Trinajstić information content (AvgIpc) is 3.04. The van der Waals surface area contributed by atoms with E-state index in [-0.39, 0.29) is 0 Å². The minimum atomic E-state index is 0.461. The summed E-state index contributed by atoms with van der Waals surface area (Å²) in [5.74, 6) is 1.74. The van der Waals surface area contributed by atoms with E-state index in [4.69, 9.17) is 0 Å². The second-order valence-corrected chi connectivity index (χ2v) is 6.84. The van der Waals surface area contributed by atoms with Gasteiger partial charge in [0.15, 0.2) is 0 Å². The summed E-state index contributed by atoms with van der Waals surface area (Å²) in [6.07, 6.45) is 8.56. The van der Waals surface area contributed by atoms with E-state index in [1.165, 1.54) is 30.7 Å². The van der Waals surface area contributed by atoms with E-state index in [1.807, 2.05) is 6.20 Å². The van der Waals surface area contributed by atoms with Gasteiger partial charge in [0.1, 0.15) is 5.01 Å². The molecule has 18 heavy (non-hydrogen) atoms. The highest BCUT2D eigenvalue weighted by Crippen LogP contribution is 2.36. The first-order chi connectivity index (χ1) is 8.70. The van der Waals surface area contributed by atoms with Gasteiger partial charge in [-0.05, 0) is 43.9 Å². The fraction of sp³-hybridized carbons (Fsp3) is 0.800. The molecular formula is C15H26N2S. The smallest absolute Gasteiger partial charge is 0.109 e. The monoisotopic (exact) mass is 266 g/mol. The first-order valence-corrected chi connectivity index (χ1v) is 8.24. The van der Waals surface area contributed by atoms with Crippen LogP contribution in [0.1, 0.15) is 63.9 Å². The normalized spacial score (nSPS) is 19.1. The predicted octanol–water partition coefficient (Wildman–Crippen LogP) is 4.40. The highest BCUT2D eigenvalue weighted by Gasteiger charge is 2.32. The molecule has 1 aliphatic carbocycles. The van der Waals surface area contributed by atoms with Gasteiger partial charge in [0.05, 0.1) is 6.04 Å². The lowest BCUT2D eigenvalue weighted by molar-refractivity contribution is 0.350. The Balaban J connectivity index is 1.90. The molecule has 0 radical (unpaired) electrons. The summed E-state index contributed by atoms with van der Waals surface area (Å²) in [5, 5.41) is 7.21. The molecule has 1 aromatic heterocycles. The Kier molecular flexibility index (Phi) is 5.19. The van der Waals surface area contributed by atoms with E-state index < -0.39 is 0 Å². The van der Waals surface area contributed by atoms with Gasteiger partial charge in [-0.15, -0.1) is 11.3 Å². The highest BCUT2D eigenvalue weighted by molar-refractivity contribution is 7.09. The number of hydrogen-bond donors (Lipinski definition) is 1. The first kappa shape index (κ1) is 14.0. The number of nitrogens with one attached hydrogen (secondary N) is 1. The number of hydrogen-bond acceptors (Lipinski definition) is 3. The third kappa shape index (κ3) is 4.06. The Morgan fingerprint density at radius 2 is 2.17 bits per heavy atom. The second-order valence-electron chi connectivity index (χ2n) is 5.91. The zero-order valence-electron chi connectivity index (χ0n) is 11.9. The molecule has 0 spiro atoms. The molecule has 2 atom stereocenters. The first-order valence-electron chi connectivity index (χ1n) is 7.36. The van der Waals surface area contributed by atoms with Gasteiger partial charge in [-0.25, -0.2) is 4.98 Å². The van der Waals surface area contributed by atoms with Gasteiger partial charge in [0.2, 0.25) is 0 Å². The average molecular weight is 266 g/mol. The minimum Gasteiger partial charge on any atom is -0.305 e. The Labute approximate surface area is 115 Å². The highest BCUT2D eigenvalue weighted by atomic mass is 32.1. The number of nitrogens with zero attached hydrogens (tertiary/aromatic N) is 1. The van der Waals surface area contributed by atoms with Crippen molar-refractivity contribution in [2.75, 3.05) is 0 Å². The van der Waals surface area contributed by atoms with Crippen molar-refractivity contribution in [2.24, 2.45) is 11.8 Å². The molecule has 0 bridgehead atoms. The molecule has 3 heteroatoms. The molecule has 1 fully saturated rings. The molecule has 2 unspecified atom stereocenters. The summed E-state index contributed by atoms with van der Waals surface area (Å²) in [5.41, 5.74) is 0. The summed E-state index contributed by atoms with van der Waals surface area (Å²) >= 11 is 1.78. The third-order valence-corrected chi connectivity index (χ3v) is 4.71. The second kappa shape index (κ2) is 6.67. The van der Waals surface area contributed by atoms with Crippen LogP contribution < -0.4 is 5.32 Å². The summed E-state index contributed by atoms with van der Waals surface area (Å²) in [4.78, 5) is 4.47. The number of rotatable bonds is 8. The van der Waals surface area contributed by atoms with Gasteiger partial charge in [-0.1, -0.05) is 20.8 Å². The minimum absolute atomic E-state index is 0.461. The molecule has 1 aliphatic rings. The maximum Gasteiger partial charge on any atom is 0.109 e. The van der Waals surface area contributed by atoms with E-state index in [0.717, 1.165) is 18.3 Å². The summed E-state index contributed by atoms with van der Waals surface area (Å²) in [7, 11) is 0. The molecule has 2 rings (SSSR count). The van der Waals surface area contributed by atoms with Crippen LogP contribution >= 0.6 is 11.3 Å². The fourth-order valence-electron chi connectivity index (χ4n) is 2.50. The molecule has 1 heterocycles. The lowest BCUT2D eigenvalue weighted by Gasteiger charge is -2.24. The van der Waals surface area contributed by atoms with E-state index in [1.54, 1.807) is 11.3 Å². The Morgan fingerprint density at radius 1 is 1.39 bits per heavy atom. The van der Waals surface area contributed by atoms with Crippen molar-refractivity contribution < 1.29 is 0 Å². The van der Waals surface area contributed by atoms with Crippen molar-refractivity contribution >= 4 is 11.3 Å². The molecule has 0 aliphatic heterocycles. The zero-order chi connectivity index (χ0) is 13.0. The van der Waals surface area contributed by atoms with Crippen molar-refractivity contribution in [1.29, 1.82) is 0 Å². The predicted molar refractivity (Wildman–Crippen MR) is 78.9 cm³/mol. The third-order valence-electron chi connectivity index (χ3n) is 3.82.